The minimum Gasteiger partial charge on any atom is -0.395 e. The Kier molecular flexibility index (Phi) is 7.55. The smallest absolute Gasteiger partial charge is 0.123 e. The molecule has 3 nitrogen and oxygen atoms in total. The summed E-state index contributed by atoms with van der Waals surface area (Å²) < 4.78 is 13.6. The van der Waals surface area contributed by atoms with Gasteiger partial charge in [-0.05, 0) is 50.1 Å². The molecule has 0 amide bonds. The molecule has 0 saturated heterocycles. The summed E-state index contributed by atoms with van der Waals surface area (Å²) >= 11 is 0. The number of aliphatic hydroxyl groups excluding tert-OH is 1. The molecule has 2 N–H and O–H groups in total. The molecule has 0 bridgehead atoms. The Hall–Kier alpha value is -1.13. The van der Waals surface area contributed by atoms with Crippen molar-refractivity contribution < 1.29 is 9.50 Å². The van der Waals surface area contributed by atoms with Crippen LogP contribution in [-0.2, 0) is 0 Å². The normalized spacial score (nSPS) is 12.4. The number of hydrogen-bond acceptors (Lipinski definition) is 3. The molecule has 1 atom stereocenters. The standard InChI is InChI=1S/C16H27FN2O/c1-4-8-18-13(3)15-12-14(17)6-7-16(15)19(9-5-2)10-11-20/h6-7,12-13,18,20H,4-5,8-11H2,1-3H3. The Morgan fingerprint density at radius 1 is 1.25 bits per heavy atom. The molecule has 0 spiro atoms. The molecule has 1 aromatic rings. The molecule has 0 aromatic heterocycles. The van der Waals surface area contributed by atoms with E-state index in [-0.39, 0.29) is 18.5 Å². The summed E-state index contributed by atoms with van der Waals surface area (Å²) in [5, 5.41) is 12.6. The zero-order valence-corrected chi connectivity index (χ0v) is 12.8. The van der Waals surface area contributed by atoms with E-state index in [2.05, 4.69) is 31.0 Å². The summed E-state index contributed by atoms with van der Waals surface area (Å²) in [6.07, 6.45) is 2.04. The van der Waals surface area contributed by atoms with Crippen molar-refractivity contribution in [3.05, 3.63) is 29.6 Å². The lowest BCUT2D eigenvalue weighted by Gasteiger charge is -2.28. The van der Waals surface area contributed by atoms with E-state index in [1.807, 2.05) is 6.07 Å². The number of rotatable bonds is 9. The average molecular weight is 282 g/mol. The number of anilines is 1. The van der Waals surface area contributed by atoms with E-state index < -0.39 is 0 Å². The van der Waals surface area contributed by atoms with E-state index in [4.69, 9.17) is 0 Å². The quantitative estimate of drug-likeness (QED) is 0.730. The second-order valence-electron chi connectivity index (χ2n) is 5.09. The Morgan fingerprint density at radius 2 is 2.00 bits per heavy atom. The fourth-order valence-corrected chi connectivity index (χ4v) is 2.37. The van der Waals surface area contributed by atoms with E-state index in [0.717, 1.165) is 37.2 Å². The number of hydrogen-bond donors (Lipinski definition) is 2. The maximum atomic E-state index is 13.6. The van der Waals surface area contributed by atoms with Crippen molar-refractivity contribution >= 4 is 5.69 Å². The predicted molar refractivity (Wildman–Crippen MR) is 82.7 cm³/mol. The highest BCUT2D eigenvalue weighted by atomic mass is 19.1. The molecular formula is C16H27FN2O. The molecule has 114 valence electrons. The van der Waals surface area contributed by atoms with Gasteiger partial charge in [0.05, 0.1) is 6.61 Å². The Morgan fingerprint density at radius 3 is 2.60 bits per heavy atom. The van der Waals surface area contributed by atoms with Crippen LogP contribution in [0.25, 0.3) is 0 Å². The molecule has 0 aliphatic carbocycles. The molecule has 1 aromatic carbocycles. The molecule has 0 saturated carbocycles. The molecule has 0 fully saturated rings. The molecule has 0 radical (unpaired) electrons. The van der Waals surface area contributed by atoms with Crippen molar-refractivity contribution in [2.75, 3.05) is 31.1 Å². The van der Waals surface area contributed by atoms with Gasteiger partial charge in [-0.2, -0.15) is 0 Å². The first kappa shape index (κ1) is 16.9. The van der Waals surface area contributed by atoms with Crippen LogP contribution in [0.3, 0.4) is 0 Å². The zero-order valence-electron chi connectivity index (χ0n) is 12.8. The Balaban J connectivity index is 3.03. The van der Waals surface area contributed by atoms with Gasteiger partial charge in [-0.15, -0.1) is 0 Å². The van der Waals surface area contributed by atoms with Gasteiger partial charge >= 0.3 is 0 Å². The fraction of sp³-hybridized carbons (Fsp3) is 0.625. The van der Waals surface area contributed by atoms with E-state index in [1.165, 1.54) is 6.07 Å². The van der Waals surface area contributed by atoms with Crippen molar-refractivity contribution in [1.82, 2.24) is 5.32 Å². The number of nitrogens with one attached hydrogen (secondary N) is 1. The number of nitrogens with zero attached hydrogens (tertiary/aromatic N) is 1. The molecule has 0 aliphatic rings. The van der Waals surface area contributed by atoms with Crippen LogP contribution in [0.4, 0.5) is 10.1 Å². The number of benzene rings is 1. The second-order valence-corrected chi connectivity index (χ2v) is 5.09. The monoisotopic (exact) mass is 282 g/mol. The van der Waals surface area contributed by atoms with Crippen LogP contribution in [0.5, 0.6) is 0 Å². The minimum atomic E-state index is -0.214. The van der Waals surface area contributed by atoms with Crippen LogP contribution < -0.4 is 10.2 Å². The van der Waals surface area contributed by atoms with Gasteiger partial charge in [-0.1, -0.05) is 13.8 Å². The van der Waals surface area contributed by atoms with E-state index in [0.29, 0.717) is 6.54 Å². The van der Waals surface area contributed by atoms with Crippen molar-refractivity contribution in [3.8, 4) is 0 Å². The molecule has 1 rings (SSSR count). The summed E-state index contributed by atoms with van der Waals surface area (Å²) in [5.41, 5.74) is 1.97. The van der Waals surface area contributed by atoms with Crippen LogP contribution in [0.2, 0.25) is 0 Å². The van der Waals surface area contributed by atoms with Gasteiger partial charge in [-0.25, -0.2) is 4.39 Å². The average Bonchev–Trinajstić information content (AvgIpc) is 2.44. The summed E-state index contributed by atoms with van der Waals surface area (Å²) in [4.78, 5) is 2.12. The van der Waals surface area contributed by atoms with Crippen LogP contribution >= 0.6 is 0 Å². The highest BCUT2D eigenvalue weighted by Crippen LogP contribution is 2.27. The Bertz CT molecular complexity index is 392. The van der Waals surface area contributed by atoms with Gasteiger partial charge in [0, 0.05) is 24.8 Å². The lowest BCUT2D eigenvalue weighted by Crippen LogP contribution is -2.30. The fourth-order valence-electron chi connectivity index (χ4n) is 2.37. The maximum Gasteiger partial charge on any atom is 0.123 e. The van der Waals surface area contributed by atoms with Gasteiger partial charge in [0.25, 0.3) is 0 Å². The molecule has 1 unspecified atom stereocenters. The maximum absolute atomic E-state index is 13.6. The van der Waals surface area contributed by atoms with Crippen LogP contribution in [0.1, 0.15) is 45.2 Å². The van der Waals surface area contributed by atoms with Gasteiger partial charge in [0.15, 0.2) is 0 Å². The third-order valence-electron chi connectivity index (χ3n) is 3.36. The molecule has 20 heavy (non-hydrogen) atoms. The largest absolute Gasteiger partial charge is 0.395 e. The Labute approximate surface area is 121 Å². The van der Waals surface area contributed by atoms with Gasteiger partial charge in [0.2, 0.25) is 0 Å². The first-order valence-electron chi connectivity index (χ1n) is 7.52. The third-order valence-corrected chi connectivity index (χ3v) is 3.36. The first-order chi connectivity index (χ1) is 9.63. The summed E-state index contributed by atoms with van der Waals surface area (Å²) in [5.74, 6) is -0.214. The van der Waals surface area contributed by atoms with Crippen molar-refractivity contribution in [3.63, 3.8) is 0 Å². The van der Waals surface area contributed by atoms with Crippen molar-refractivity contribution in [1.29, 1.82) is 0 Å². The lowest BCUT2D eigenvalue weighted by atomic mass is 10.0. The van der Waals surface area contributed by atoms with Crippen LogP contribution in [-0.4, -0.2) is 31.3 Å². The van der Waals surface area contributed by atoms with E-state index in [1.54, 1.807) is 6.07 Å². The van der Waals surface area contributed by atoms with Crippen molar-refractivity contribution in [2.24, 2.45) is 0 Å². The van der Waals surface area contributed by atoms with E-state index in [9.17, 15) is 9.50 Å². The van der Waals surface area contributed by atoms with Crippen molar-refractivity contribution in [2.45, 2.75) is 39.7 Å². The molecular weight excluding hydrogens is 255 g/mol. The van der Waals surface area contributed by atoms with Gasteiger partial charge in [-0.3, -0.25) is 0 Å². The summed E-state index contributed by atoms with van der Waals surface area (Å²) in [6, 6.07) is 5.01. The second kappa shape index (κ2) is 8.93. The number of halogens is 1. The summed E-state index contributed by atoms with van der Waals surface area (Å²) in [6.45, 7) is 8.72. The number of aliphatic hydroxyl groups is 1. The zero-order chi connectivity index (χ0) is 15.0. The highest BCUT2D eigenvalue weighted by Gasteiger charge is 2.15. The topological polar surface area (TPSA) is 35.5 Å². The predicted octanol–water partition coefficient (Wildman–Crippen LogP) is 3.10. The third kappa shape index (κ3) is 4.76. The van der Waals surface area contributed by atoms with Gasteiger partial charge < -0.3 is 15.3 Å². The highest BCUT2D eigenvalue weighted by molar-refractivity contribution is 5.55. The minimum absolute atomic E-state index is 0.0960. The summed E-state index contributed by atoms with van der Waals surface area (Å²) in [7, 11) is 0. The molecule has 0 aliphatic heterocycles. The SMILES string of the molecule is CCCNC(C)c1cc(F)ccc1N(CCC)CCO. The molecule has 4 heteroatoms. The first-order valence-corrected chi connectivity index (χ1v) is 7.52. The van der Waals surface area contributed by atoms with Crippen LogP contribution in [0.15, 0.2) is 18.2 Å². The van der Waals surface area contributed by atoms with Crippen LogP contribution in [0, 0.1) is 5.82 Å². The molecule has 0 heterocycles. The lowest BCUT2D eigenvalue weighted by molar-refractivity contribution is 0.301. The van der Waals surface area contributed by atoms with Gasteiger partial charge in [0.1, 0.15) is 5.82 Å². The van der Waals surface area contributed by atoms with E-state index >= 15 is 0 Å².